The van der Waals surface area contributed by atoms with Gasteiger partial charge >= 0.3 is 0 Å². The van der Waals surface area contributed by atoms with Gasteiger partial charge in [-0.15, -0.1) is 0 Å². The molecule has 0 aliphatic heterocycles. The van der Waals surface area contributed by atoms with Crippen molar-refractivity contribution in [1.29, 1.82) is 0 Å². The highest BCUT2D eigenvalue weighted by atomic mass is 19.1. The van der Waals surface area contributed by atoms with Crippen molar-refractivity contribution in [3.8, 4) is 11.3 Å². The predicted octanol–water partition coefficient (Wildman–Crippen LogP) is 4.87. The molecule has 33 heavy (non-hydrogen) atoms. The van der Waals surface area contributed by atoms with Gasteiger partial charge in [0.25, 0.3) is 5.91 Å². The Morgan fingerprint density at radius 2 is 1.91 bits per heavy atom. The van der Waals surface area contributed by atoms with Crippen LogP contribution >= 0.6 is 0 Å². The van der Waals surface area contributed by atoms with Crippen molar-refractivity contribution >= 4 is 23.0 Å². The molecular formula is C26H25FN4O2. The highest BCUT2D eigenvalue weighted by Gasteiger charge is 2.14. The molecule has 0 saturated carbocycles. The highest BCUT2D eigenvalue weighted by Crippen LogP contribution is 2.25. The van der Waals surface area contributed by atoms with E-state index in [4.69, 9.17) is 4.74 Å². The van der Waals surface area contributed by atoms with E-state index in [-0.39, 0.29) is 11.7 Å². The van der Waals surface area contributed by atoms with Crippen LogP contribution in [-0.2, 0) is 11.3 Å². The van der Waals surface area contributed by atoms with E-state index in [9.17, 15) is 9.18 Å². The Kier molecular flexibility index (Phi) is 6.60. The van der Waals surface area contributed by atoms with Gasteiger partial charge in [-0.2, -0.15) is 5.10 Å². The summed E-state index contributed by atoms with van der Waals surface area (Å²) in [5, 5.41) is 4.91. The molecule has 0 aliphatic rings. The first-order valence-corrected chi connectivity index (χ1v) is 10.6. The zero-order chi connectivity index (χ0) is 23.4. The number of carbonyl (C=O) groups is 1. The van der Waals surface area contributed by atoms with Crippen LogP contribution in [0.4, 0.5) is 4.39 Å². The maximum atomic E-state index is 13.4. The van der Waals surface area contributed by atoms with Crippen molar-refractivity contribution in [3.63, 3.8) is 0 Å². The largest absolute Gasteiger partial charge is 0.383 e. The minimum atomic E-state index is -0.346. The number of carbonyl (C=O) groups excluding carboxylic acids is 1. The van der Waals surface area contributed by atoms with Crippen LogP contribution in [0.5, 0.6) is 0 Å². The van der Waals surface area contributed by atoms with Crippen molar-refractivity contribution in [2.24, 2.45) is 5.10 Å². The standard InChI is InChI=1S/C26H25FN4O2/c1-17-14-20(18(2)31(17)12-13-33-3)16-28-30-26(32)23-15-25(19-8-10-21(27)11-9-19)29-24-7-5-4-6-22(23)24/h4-11,14-16H,12-13H2,1-3H3,(H,30,32)/b28-16-. The van der Waals surface area contributed by atoms with Crippen LogP contribution in [0.25, 0.3) is 22.2 Å². The first kappa shape index (κ1) is 22.4. The first-order valence-electron chi connectivity index (χ1n) is 10.6. The second-order valence-corrected chi connectivity index (χ2v) is 7.75. The Hall–Kier alpha value is -3.84. The molecule has 0 fully saturated rings. The van der Waals surface area contributed by atoms with E-state index < -0.39 is 0 Å². The van der Waals surface area contributed by atoms with Gasteiger partial charge in [0.15, 0.2) is 0 Å². The van der Waals surface area contributed by atoms with Gasteiger partial charge in [-0.3, -0.25) is 4.79 Å². The van der Waals surface area contributed by atoms with Crippen LogP contribution in [0, 0.1) is 19.7 Å². The number of amides is 1. The maximum absolute atomic E-state index is 13.4. The molecule has 0 atom stereocenters. The number of hydrogen-bond acceptors (Lipinski definition) is 4. The van der Waals surface area contributed by atoms with Crippen molar-refractivity contribution in [3.05, 3.63) is 89.0 Å². The molecule has 168 valence electrons. The van der Waals surface area contributed by atoms with Crippen LogP contribution in [0.3, 0.4) is 0 Å². The zero-order valence-corrected chi connectivity index (χ0v) is 18.8. The number of para-hydroxylation sites is 1. The molecule has 4 aromatic rings. The number of benzene rings is 2. The van der Waals surface area contributed by atoms with Crippen molar-refractivity contribution < 1.29 is 13.9 Å². The number of nitrogens with one attached hydrogen (secondary N) is 1. The fourth-order valence-electron chi connectivity index (χ4n) is 3.84. The lowest BCUT2D eigenvalue weighted by Crippen LogP contribution is -2.18. The second-order valence-electron chi connectivity index (χ2n) is 7.75. The average Bonchev–Trinajstić information content (AvgIpc) is 3.09. The number of ether oxygens (including phenoxy) is 1. The molecule has 4 rings (SSSR count). The van der Waals surface area contributed by atoms with Crippen LogP contribution in [-0.4, -0.2) is 35.4 Å². The van der Waals surface area contributed by atoms with Gasteiger partial charge in [0.05, 0.1) is 29.6 Å². The van der Waals surface area contributed by atoms with Crippen molar-refractivity contribution in [1.82, 2.24) is 15.0 Å². The smallest absolute Gasteiger partial charge is 0.272 e. The molecule has 0 bridgehead atoms. The topological polar surface area (TPSA) is 68.5 Å². The summed E-state index contributed by atoms with van der Waals surface area (Å²) in [5.74, 6) is -0.671. The third-order valence-corrected chi connectivity index (χ3v) is 5.60. The number of aryl methyl sites for hydroxylation is 1. The number of aromatic nitrogens is 2. The van der Waals surface area contributed by atoms with Crippen LogP contribution < -0.4 is 5.43 Å². The fraction of sp³-hybridized carbons (Fsp3) is 0.192. The molecule has 2 aromatic carbocycles. The third kappa shape index (κ3) is 4.83. The number of hydrogen-bond donors (Lipinski definition) is 1. The lowest BCUT2D eigenvalue weighted by atomic mass is 10.0. The highest BCUT2D eigenvalue weighted by molar-refractivity contribution is 6.07. The lowest BCUT2D eigenvalue weighted by molar-refractivity contribution is 0.0956. The Bertz CT molecular complexity index is 1330. The van der Waals surface area contributed by atoms with Crippen LogP contribution in [0.1, 0.15) is 27.3 Å². The fourth-order valence-corrected chi connectivity index (χ4v) is 3.84. The molecule has 2 heterocycles. The summed E-state index contributed by atoms with van der Waals surface area (Å²) in [4.78, 5) is 17.7. The minimum Gasteiger partial charge on any atom is -0.383 e. The first-order chi connectivity index (χ1) is 16.0. The summed E-state index contributed by atoms with van der Waals surface area (Å²) in [6.07, 6.45) is 1.65. The van der Waals surface area contributed by atoms with E-state index in [1.54, 1.807) is 31.5 Å². The van der Waals surface area contributed by atoms with Gasteiger partial charge in [-0.1, -0.05) is 18.2 Å². The summed E-state index contributed by atoms with van der Waals surface area (Å²) >= 11 is 0. The lowest BCUT2D eigenvalue weighted by Gasteiger charge is -2.09. The summed E-state index contributed by atoms with van der Waals surface area (Å²) in [6, 6.07) is 17.2. The Morgan fingerprint density at radius 1 is 1.15 bits per heavy atom. The SMILES string of the molecule is COCCn1c(C)cc(/C=N\NC(=O)c2cc(-c3ccc(F)cc3)nc3ccccc23)c1C. The van der Waals surface area contributed by atoms with E-state index in [0.717, 1.165) is 29.1 Å². The monoisotopic (exact) mass is 444 g/mol. The Morgan fingerprint density at radius 3 is 2.67 bits per heavy atom. The molecule has 0 saturated heterocycles. The normalized spacial score (nSPS) is 11.4. The number of hydrazone groups is 1. The van der Waals surface area contributed by atoms with Gasteiger partial charge < -0.3 is 9.30 Å². The molecule has 0 radical (unpaired) electrons. The van der Waals surface area contributed by atoms with Gasteiger partial charge in [0, 0.05) is 41.6 Å². The summed E-state index contributed by atoms with van der Waals surface area (Å²) in [7, 11) is 1.68. The molecule has 1 N–H and O–H groups in total. The van der Waals surface area contributed by atoms with E-state index in [2.05, 4.69) is 20.1 Å². The number of fused-ring (bicyclic) bond motifs is 1. The quantitative estimate of drug-likeness (QED) is 0.327. The Labute approximate surface area is 191 Å². The van der Waals surface area contributed by atoms with Crippen molar-refractivity contribution in [2.75, 3.05) is 13.7 Å². The molecule has 0 spiro atoms. The van der Waals surface area contributed by atoms with Gasteiger partial charge in [0.2, 0.25) is 0 Å². The minimum absolute atomic E-state index is 0.326. The van der Waals surface area contributed by atoms with Crippen LogP contribution in [0.15, 0.2) is 65.8 Å². The third-order valence-electron chi connectivity index (χ3n) is 5.60. The second kappa shape index (κ2) is 9.75. The van der Waals surface area contributed by atoms with E-state index in [1.807, 2.05) is 44.2 Å². The number of halogens is 1. The number of pyridine rings is 1. The Balaban J connectivity index is 1.61. The average molecular weight is 445 g/mol. The predicted molar refractivity (Wildman–Crippen MR) is 128 cm³/mol. The van der Waals surface area contributed by atoms with Gasteiger partial charge in [0.1, 0.15) is 5.82 Å². The van der Waals surface area contributed by atoms with Crippen LogP contribution in [0.2, 0.25) is 0 Å². The molecule has 0 aliphatic carbocycles. The summed E-state index contributed by atoms with van der Waals surface area (Å²) in [6.45, 7) is 5.41. The molecule has 7 heteroatoms. The van der Waals surface area contributed by atoms with Gasteiger partial charge in [-0.25, -0.2) is 14.8 Å². The number of rotatable bonds is 7. The molecular weight excluding hydrogens is 419 g/mol. The summed E-state index contributed by atoms with van der Waals surface area (Å²) in [5.41, 5.74) is 8.15. The van der Waals surface area contributed by atoms with E-state index in [1.165, 1.54) is 12.1 Å². The van der Waals surface area contributed by atoms with E-state index in [0.29, 0.717) is 28.8 Å². The van der Waals surface area contributed by atoms with Gasteiger partial charge in [-0.05, 0) is 56.3 Å². The molecule has 0 unspecified atom stereocenters. The number of methoxy groups -OCH3 is 1. The zero-order valence-electron chi connectivity index (χ0n) is 18.8. The van der Waals surface area contributed by atoms with E-state index >= 15 is 0 Å². The molecule has 2 aromatic heterocycles. The van der Waals surface area contributed by atoms with Crippen molar-refractivity contribution in [2.45, 2.75) is 20.4 Å². The molecule has 6 nitrogen and oxygen atoms in total. The number of nitrogens with zero attached hydrogens (tertiary/aromatic N) is 3. The maximum Gasteiger partial charge on any atom is 0.272 e. The molecule has 1 amide bonds. The summed E-state index contributed by atoms with van der Waals surface area (Å²) < 4.78 is 20.7.